The lowest BCUT2D eigenvalue weighted by Gasteiger charge is -2.15. The summed E-state index contributed by atoms with van der Waals surface area (Å²) in [7, 11) is 0. The molecular formula is C20H27ClN2O3. The summed E-state index contributed by atoms with van der Waals surface area (Å²) in [6.07, 6.45) is 2.21. The van der Waals surface area contributed by atoms with Crippen molar-refractivity contribution in [3.63, 3.8) is 0 Å². The minimum Gasteiger partial charge on any atom is -0.460 e. The van der Waals surface area contributed by atoms with E-state index < -0.39 is 6.10 Å². The van der Waals surface area contributed by atoms with Gasteiger partial charge in [0.05, 0.1) is 12.6 Å². The minimum atomic E-state index is -0.457. The topological polar surface area (TPSA) is 65.7 Å². The van der Waals surface area contributed by atoms with Gasteiger partial charge in [0.15, 0.2) is 0 Å². The molecular weight excluding hydrogens is 352 g/mol. The first-order valence-corrected chi connectivity index (χ1v) is 8.99. The van der Waals surface area contributed by atoms with Gasteiger partial charge in [0.25, 0.3) is 0 Å². The van der Waals surface area contributed by atoms with Gasteiger partial charge < -0.3 is 19.7 Å². The van der Waals surface area contributed by atoms with Crippen LogP contribution in [0.25, 0.3) is 11.3 Å². The quantitative estimate of drug-likeness (QED) is 0.690. The van der Waals surface area contributed by atoms with Gasteiger partial charge in [-0.05, 0) is 44.0 Å². The van der Waals surface area contributed by atoms with Gasteiger partial charge in [-0.15, -0.1) is 12.4 Å². The Morgan fingerprint density at radius 2 is 2.00 bits per heavy atom. The Morgan fingerprint density at radius 3 is 2.65 bits per heavy atom. The second-order valence-corrected chi connectivity index (χ2v) is 6.58. The Hall–Kier alpha value is -1.82. The number of furan rings is 1. The van der Waals surface area contributed by atoms with Gasteiger partial charge in [-0.1, -0.05) is 24.3 Å². The number of aliphatic hydroxyl groups is 1. The number of nitrogens with one attached hydrogen (secondary N) is 1. The van der Waals surface area contributed by atoms with Crippen LogP contribution in [-0.2, 0) is 11.3 Å². The molecule has 1 aliphatic rings. The highest BCUT2D eigenvalue weighted by Crippen LogP contribution is 2.24. The predicted molar refractivity (Wildman–Crippen MR) is 104 cm³/mol. The van der Waals surface area contributed by atoms with Gasteiger partial charge in [-0.2, -0.15) is 0 Å². The largest absolute Gasteiger partial charge is 0.460 e. The van der Waals surface area contributed by atoms with E-state index in [0.29, 0.717) is 13.0 Å². The Bertz CT molecular complexity index is 697. The highest BCUT2D eigenvalue weighted by molar-refractivity contribution is 5.85. The van der Waals surface area contributed by atoms with Crippen LogP contribution in [0.1, 0.15) is 43.6 Å². The van der Waals surface area contributed by atoms with Crippen molar-refractivity contribution in [3.8, 4) is 11.3 Å². The average Bonchev–Trinajstić information content (AvgIpc) is 3.24. The van der Waals surface area contributed by atoms with Crippen LogP contribution in [-0.4, -0.2) is 35.5 Å². The number of rotatable bonds is 8. The van der Waals surface area contributed by atoms with Gasteiger partial charge in [0.1, 0.15) is 11.5 Å². The van der Waals surface area contributed by atoms with Crippen LogP contribution in [0.15, 0.2) is 40.8 Å². The van der Waals surface area contributed by atoms with Crippen molar-refractivity contribution in [2.24, 2.45) is 0 Å². The molecule has 1 aromatic heterocycles. The van der Waals surface area contributed by atoms with Crippen LogP contribution in [0, 0.1) is 0 Å². The number of nitrogens with zero attached hydrogens (tertiary/aromatic N) is 1. The van der Waals surface area contributed by atoms with E-state index in [1.807, 2.05) is 41.3 Å². The van der Waals surface area contributed by atoms with Gasteiger partial charge in [-0.25, -0.2) is 0 Å². The number of aliphatic hydroxyl groups excluding tert-OH is 1. The second kappa shape index (κ2) is 9.76. The molecule has 2 N–H and O–H groups in total. The van der Waals surface area contributed by atoms with E-state index in [-0.39, 0.29) is 18.3 Å². The molecule has 0 aliphatic carbocycles. The van der Waals surface area contributed by atoms with Crippen molar-refractivity contribution in [1.82, 2.24) is 10.2 Å². The summed E-state index contributed by atoms with van der Waals surface area (Å²) >= 11 is 0. The number of halogens is 1. The maximum atomic E-state index is 11.5. The number of carbonyl (C=O) groups excluding carboxylic acids is 1. The highest BCUT2D eigenvalue weighted by Gasteiger charge is 2.18. The molecule has 6 heteroatoms. The molecule has 1 aliphatic heterocycles. The van der Waals surface area contributed by atoms with Gasteiger partial charge >= 0.3 is 0 Å². The Balaban J connectivity index is 0.00000243. The number of benzene rings is 1. The average molecular weight is 379 g/mol. The van der Waals surface area contributed by atoms with Crippen molar-refractivity contribution < 1.29 is 14.3 Å². The molecule has 1 aromatic carbocycles. The lowest BCUT2D eigenvalue weighted by atomic mass is 10.1. The van der Waals surface area contributed by atoms with Crippen LogP contribution < -0.4 is 5.32 Å². The van der Waals surface area contributed by atoms with Crippen molar-refractivity contribution >= 4 is 18.3 Å². The van der Waals surface area contributed by atoms with Crippen LogP contribution >= 0.6 is 12.4 Å². The smallest absolute Gasteiger partial charge is 0.222 e. The van der Waals surface area contributed by atoms with E-state index in [1.165, 1.54) is 0 Å². The summed E-state index contributed by atoms with van der Waals surface area (Å²) in [4.78, 5) is 13.5. The number of likely N-dealkylation sites (tertiary alicyclic amines) is 1. The molecule has 1 unspecified atom stereocenters. The molecule has 1 atom stereocenters. The molecule has 0 radical (unpaired) electrons. The molecule has 26 heavy (non-hydrogen) atoms. The fourth-order valence-corrected chi connectivity index (χ4v) is 3.10. The lowest BCUT2D eigenvalue weighted by Crippen LogP contribution is -2.28. The van der Waals surface area contributed by atoms with Crippen molar-refractivity contribution in [2.45, 2.75) is 38.8 Å². The minimum absolute atomic E-state index is 0. The number of hydrogen-bond acceptors (Lipinski definition) is 4. The summed E-state index contributed by atoms with van der Waals surface area (Å²) in [6.45, 7) is 5.05. The molecule has 1 amide bonds. The molecule has 142 valence electrons. The Morgan fingerprint density at radius 1 is 1.23 bits per heavy atom. The normalized spacial score (nSPS) is 15.2. The standard InChI is InChI=1S/C20H26N2O3.ClH/c1-15(23)16-5-7-17(8-6-16)19-10-9-18(25-19)14-21-11-3-13-22-12-2-4-20(22)24;/h5-10,15,21,23H,2-4,11-14H2,1H3;1H. The monoisotopic (exact) mass is 378 g/mol. The fraction of sp³-hybridized carbons (Fsp3) is 0.450. The van der Waals surface area contributed by atoms with E-state index >= 15 is 0 Å². The molecule has 0 saturated carbocycles. The third-order valence-electron chi connectivity index (χ3n) is 4.59. The van der Waals surface area contributed by atoms with Crippen molar-refractivity contribution in [2.75, 3.05) is 19.6 Å². The van der Waals surface area contributed by atoms with E-state index in [1.54, 1.807) is 6.92 Å². The summed E-state index contributed by atoms with van der Waals surface area (Å²) in [5.74, 6) is 2.01. The summed E-state index contributed by atoms with van der Waals surface area (Å²) in [6, 6.07) is 11.7. The molecule has 1 saturated heterocycles. The number of amides is 1. The van der Waals surface area contributed by atoms with Crippen LogP contribution in [0.2, 0.25) is 0 Å². The highest BCUT2D eigenvalue weighted by atomic mass is 35.5. The zero-order valence-electron chi connectivity index (χ0n) is 15.1. The maximum absolute atomic E-state index is 11.5. The van der Waals surface area contributed by atoms with Crippen LogP contribution in [0.3, 0.4) is 0 Å². The molecule has 2 aromatic rings. The summed E-state index contributed by atoms with van der Waals surface area (Å²) in [5.41, 5.74) is 1.90. The third-order valence-corrected chi connectivity index (χ3v) is 4.59. The van der Waals surface area contributed by atoms with Gasteiger partial charge in [-0.3, -0.25) is 4.79 Å². The van der Waals surface area contributed by atoms with Crippen molar-refractivity contribution in [1.29, 1.82) is 0 Å². The van der Waals surface area contributed by atoms with E-state index in [2.05, 4.69) is 5.32 Å². The van der Waals surface area contributed by atoms with Gasteiger partial charge in [0.2, 0.25) is 5.91 Å². The maximum Gasteiger partial charge on any atom is 0.222 e. The zero-order chi connectivity index (χ0) is 17.6. The van der Waals surface area contributed by atoms with E-state index in [0.717, 1.165) is 55.1 Å². The Labute approximate surface area is 160 Å². The van der Waals surface area contributed by atoms with E-state index in [4.69, 9.17) is 4.42 Å². The molecule has 3 rings (SSSR count). The lowest BCUT2D eigenvalue weighted by molar-refractivity contribution is -0.127. The summed E-state index contributed by atoms with van der Waals surface area (Å²) < 4.78 is 5.88. The van der Waals surface area contributed by atoms with Crippen LogP contribution in [0.4, 0.5) is 0 Å². The molecule has 0 spiro atoms. The SMILES string of the molecule is CC(O)c1ccc(-c2ccc(CNCCCN3CCCC3=O)o2)cc1.Cl. The first-order chi connectivity index (χ1) is 12.1. The molecule has 0 bridgehead atoms. The second-order valence-electron chi connectivity index (χ2n) is 6.58. The van der Waals surface area contributed by atoms with Crippen molar-refractivity contribution in [3.05, 3.63) is 47.7 Å². The first-order valence-electron chi connectivity index (χ1n) is 8.99. The zero-order valence-corrected chi connectivity index (χ0v) is 15.9. The number of carbonyl (C=O) groups is 1. The Kier molecular flexibility index (Phi) is 7.69. The van der Waals surface area contributed by atoms with E-state index in [9.17, 15) is 9.90 Å². The fourth-order valence-electron chi connectivity index (χ4n) is 3.10. The molecule has 5 nitrogen and oxygen atoms in total. The third kappa shape index (κ3) is 5.34. The molecule has 2 heterocycles. The number of hydrogen-bond donors (Lipinski definition) is 2. The summed E-state index contributed by atoms with van der Waals surface area (Å²) in [5, 5.41) is 12.9. The van der Waals surface area contributed by atoms with Crippen LogP contribution in [0.5, 0.6) is 0 Å². The van der Waals surface area contributed by atoms with Gasteiger partial charge in [0, 0.05) is 25.1 Å². The predicted octanol–water partition coefficient (Wildman–Crippen LogP) is 3.52. The first kappa shape index (κ1) is 20.5. The molecule has 1 fully saturated rings.